The Morgan fingerprint density at radius 3 is 2.00 bits per heavy atom. The molecular formula is C9H11FO2S. The third-order valence-corrected chi connectivity index (χ3v) is 1.31. The number of thiol groups is 1. The number of halogens is 1. The molecule has 1 N–H and O–H groups in total. The van der Waals surface area contributed by atoms with E-state index in [9.17, 15) is 9.18 Å². The topological polar surface area (TPSA) is 37.3 Å². The third kappa shape index (κ3) is 7.33. The molecule has 0 radical (unpaired) electrons. The molecular weight excluding hydrogens is 191 g/mol. The highest BCUT2D eigenvalue weighted by Gasteiger charge is 2.00. The fraction of sp³-hybridized carbons (Fsp3) is 0.222. The lowest BCUT2D eigenvalue weighted by Gasteiger charge is -1.88. The zero-order valence-electron chi connectivity index (χ0n) is 7.14. The lowest BCUT2D eigenvalue weighted by Crippen LogP contribution is -2.06. The van der Waals surface area contributed by atoms with Gasteiger partial charge in [0.15, 0.2) is 0 Å². The monoisotopic (exact) mass is 202 g/mol. The Hall–Kier alpha value is -1.03. The predicted octanol–water partition coefficient (Wildman–Crippen LogP) is 2.21. The second-order valence-electron chi connectivity index (χ2n) is 2.31. The van der Waals surface area contributed by atoms with Crippen molar-refractivity contribution in [2.45, 2.75) is 12.2 Å². The first-order valence-corrected chi connectivity index (χ1v) is 4.17. The Morgan fingerprint density at radius 1 is 1.46 bits per heavy atom. The maximum Gasteiger partial charge on any atom is 0.316 e. The van der Waals surface area contributed by atoms with Crippen LogP contribution < -0.4 is 0 Å². The van der Waals surface area contributed by atoms with Crippen LogP contribution in [-0.4, -0.2) is 16.3 Å². The normalized spacial score (nSPS) is 11.0. The zero-order chi connectivity index (χ0) is 10.3. The average molecular weight is 202 g/mol. The van der Waals surface area contributed by atoms with E-state index in [0.717, 1.165) is 0 Å². The molecule has 0 aromatic heterocycles. The van der Waals surface area contributed by atoms with Crippen LogP contribution in [0.2, 0.25) is 0 Å². The van der Waals surface area contributed by atoms with E-state index in [-0.39, 0.29) is 5.82 Å². The molecule has 0 heterocycles. The van der Waals surface area contributed by atoms with Gasteiger partial charge in [0.2, 0.25) is 0 Å². The Morgan fingerprint density at radius 2 is 1.85 bits per heavy atom. The molecule has 0 amide bonds. The third-order valence-electron chi connectivity index (χ3n) is 1.09. The second-order valence-corrected chi connectivity index (χ2v) is 3.08. The van der Waals surface area contributed by atoms with Gasteiger partial charge >= 0.3 is 5.97 Å². The van der Waals surface area contributed by atoms with Gasteiger partial charge in [0.1, 0.15) is 5.82 Å². The van der Waals surface area contributed by atoms with E-state index in [1.54, 1.807) is 18.2 Å². The summed E-state index contributed by atoms with van der Waals surface area (Å²) in [7, 11) is 0. The van der Waals surface area contributed by atoms with Gasteiger partial charge in [0, 0.05) is 0 Å². The molecule has 1 aromatic carbocycles. The molecule has 0 fully saturated rings. The van der Waals surface area contributed by atoms with Crippen molar-refractivity contribution in [3.05, 3.63) is 36.1 Å². The SMILES string of the molecule is CC(S)C(=O)O.Fc1ccccc1. The van der Waals surface area contributed by atoms with Gasteiger partial charge in [-0.1, -0.05) is 18.2 Å². The molecule has 1 aromatic rings. The van der Waals surface area contributed by atoms with Gasteiger partial charge < -0.3 is 5.11 Å². The first-order valence-electron chi connectivity index (χ1n) is 3.65. The van der Waals surface area contributed by atoms with Gasteiger partial charge in [-0.25, -0.2) is 4.39 Å². The molecule has 0 saturated carbocycles. The minimum atomic E-state index is -0.877. The molecule has 0 bridgehead atoms. The molecule has 72 valence electrons. The van der Waals surface area contributed by atoms with Crippen molar-refractivity contribution in [3.8, 4) is 0 Å². The number of hydrogen-bond donors (Lipinski definition) is 2. The predicted molar refractivity (Wildman–Crippen MR) is 52.5 cm³/mol. The van der Waals surface area contributed by atoms with Crippen molar-refractivity contribution in [2.75, 3.05) is 0 Å². The molecule has 0 aliphatic heterocycles. The standard InChI is InChI=1S/C6H5F.C3H6O2S/c7-6-4-2-1-3-5-6;1-2(6)3(4)5/h1-5H;2,6H,1H3,(H,4,5). The van der Waals surface area contributed by atoms with Crippen molar-refractivity contribution in [3.63, 3.8) is 0 Å². The number of rotatable bonds is 1. The molecule has 0 aliphatic carbocycles. The molecule has 0 aliphatic rings. The van der Waals surface area contributed by atoms with Crippen LogP contribution in [-0.2, 0) is 4.79 Å². The summed E-state index contributed by atoms with van der Waals surface area (Å²) in [5, 5.41) is 7.38. The van der Waals surface area contributed by atoms with Crippen LogP contribution in [0.5, 0.6) is 0 Å². The molecule has 4 heteroatoms. The lowest BCUT2D eigenvalue weighted by molar-refractivity contribution is -0.136. The van der Waals surface area contributed by atoms with Gasteiger partial charge in [0.05, 0.1) is 5.25 Å². The van der Waals surface area contributed by atoms with Gasteiger partial charge in [-0.3, -0.25) is 4.79 Å². The minimum Gasteiger partial charge on any atom is -0.480 e. The second kappa shape index (κ2) is 6.48. The van der Waals surface area contributed by atoms with E-state index in [4.69, 9.17) is 5.11 Å². The van der Waals surface area contributed by atoms with Gasteiger partial charge in [0.25, 0.3) is 0 Å². The number of carboxylic acids is 1. The molecule has 1 rings (SSSR count). The Balaban J connectivity index is 0.000000226. The average Bonchev–Trinajstić information content (AvgIpc) is 2.06. The molecule has 0 saturated heterocycles. The van der Waals surface area contributed by atoms with E-state index >= 15 is 0 Å². The van der Waals surface area contributed by atoms with Gasteiger partial charge in [-0.05, 0) is 19.1 Å². The summed E-state index contributed by atoms with van der Waals surface area (Å²) in [5.74, 6) is -1.05. The smallest absolute Gasteiger partial charge is 0.316 e. The van der Waals surface area contributed by atoms with E-state index in [2.05, 4.69) is 12.6 Å². The lowest BCUT2D eigenvalue weighted by atomic mass is 10.4. The Kier molecular flexibility index (Phi) is 5.97. The quantitative estimate of drug-likeness (QED) is 0.685. The first-order chi connectivity index (χ1) is 6.04. The van der Waals surface area contributed by atoms with Crippen LogP contribution in [0.3, 0.4) is 0 Å². The fourth-order valence-corrected chi connectivity index (χ4v) is 0.415. The van der Waals surface area contributed by atoms with E-state index in [1.807, 2.05) is 0 Å². The minimum absolute atomic E-state index is 0.178. The van der Waals surface area contributed by atoms with Crippen LogP contribution in [0.4, 0.5) is 4.39 Å². The van der Waals surface area contributed by atoms with Crippen LogP contribution in [0.15, 0.2) is 30.3 Å². The molecule has 2 nitrogen and oxygen atoms in total. The highest BCUT2D eigenvalue weighted by Crippen LogP contribution is 1.91. The summed E-state index contributed by atoms with van der Waals surface area (Å²) in [5.41, 5.74) is 0. The van der Waals surface area contributed by atoms with Crippen LogP contribution in [0.1, 0.15) is 6.92 Å². The first kappa shape index (κ1) is 12.0. The number of carbonyl (C=O) groups is 1. The molecule has 13 heavy (non-hydrogen) atoms. The van der Waals surface area contributed by atoms with Crippen LogP contribution in [0.25, 0.3) is 0 Å². The van der Waals surface area contributed by atoms with Gasteiger partial charge in [-0.2, -0.15) is 12.6 Å². The number of hydrogen-bond acceptors (Lipinski definition) is 2. The maximum absolute atomic E-state index is 11.9. The van der Waals surface area contributed by atoms with Gasteiger partial charge in [-0.15, -0.1) is 0 Å². The summed E-state index contributed by atoms with van der Waals surface area (Å²) in [6, 6.07) is 7.94. The van der Waals surface area contributed by atoms with Crippen LogP contribution >= 0.6 is 12.6 Å². The number of aliphatic carboxylic acids is 1. The largest absolute Gasteiger partial charge is 0.480 e. The summed E-state index contributed by atoms with van der Waals surface area (Å²) < 4.78 is 11.9. The van der Waals surface area contributed by atoms with E-state index in [1.165, 1.54) is 19.1 Å². The van der Waals surface area contributed by atoms with Crippen molar-refractivity contribution in [1.29, 1.82) is 0 Å². The summed E-state index contributed by atoms with van der Waals surface area (Å²) >= 11 is 3.59. The Bertz CT molecular complexity index is 249. The molecule has 1 unspecified atom stereocenters. The Labute approximate surface area is 81.8 Å². The number of carboxylic acid groups (broad SMARTS) is 1. The fourth-order valence-electron chi connectivity index (χ4n) is 0.415. The highest BCUT2D eigenvalue weighted by atomic mass is 32.1. The van der Waals surface area contributed by atoms with Crippen LogP contribution in [0, 0.1) is 5.82 Å². The van der Waals surface area contributed by atoms with Crippen molar-refractivity contribution < 1.29 is 14.3 Å². The van der Waals surface area contributed by atoms with Crippen molar-refractivity contribution in [1.82, 2.24) is 0 Å². The van der Waals surface area contributed by atoms with E-state index < -0.39 is 11.2 Å². The zero-order valence-corrected chi connectivity index (χ0v) is 8.04. The summed E-state index contributed by atoms with van der Waals surface area (Å²) in [6.07, 6.45) is 0. The van der Waals surface area contributed by atoms with Crippen molar-refractivity contribution >= 4 is 18.6 Å². The van der Waals surface area contributed by atoms with E-state index in [0.29, 0.717) is 0 Å². The van der Waals surface area contributed by atoms with Crippen molar-refractivity contribution in [2.24, 2.45) is 0 Å². The summed E-state index contributed by atoms with van der Waals surface area (Å²) in [4.78, 5) is 9.62. The summed E-state index contributed by atoms with van der Waals surface area (Å²) in [6.45, 7) is 1.51. The number of benzene rings is 1. The molecule has 0 spiro atoms. The highest BCUT2D eigenvalue weighted by molar-refractivity contribution is 7.81. The molecule has 1 atom stereocenters. The maximum atomic E-state index is 11.9.